The van der Waals surface area contributed by atoms with Crippen LogP contribution >= 0.6 is 0 Å². The van der Waals surface area contributed by atoms with E-state index < -0.39 is 5.60 Å². The standard InChI is InChI=1S/C22H30N6O3/c1-6-24-20(29)25-15-9-7-14(8-10-15)19-26-17-13(2)28(21(30)31-22(3,4)5)12-11-16(17)18(23)27-19/h7-10,13H,6,11-12H2,1-5H3,(H2,23,26,27)(H2,24,25,29). The topological polar surface area (TPSA) is 122 Å². The molecule has 0 radical (unpaired) electrons. The molecular formula is C22H30N6O3. The largest absolute Gasteiger partial charge is 0.444 e. The third kappa shape index (κ3) is 5.22. The fourth-order valence-corrected chi connectivity index (χ4v) is 3.43. The molecule has 1 aromatic carbocycles. The lowest BCUT2D eigenvalue weighted by Crippen LogP contribution is -2.42. The SMILES string of the molecule is CCNC(=O)Nc1ccc(-c2nc(N)c3c(n2)C(C)N(C(=O)OC(C)(C)C)CC3)cc1. The Kier molecular flexibility index (Phi) is 6.33. The van der Waals surface area contributed by atoms with E-state index in [1.165, 1.54) is 0 Å². The minimum Gasteiger partial charge on any atom is -0.444 e. The number of benzene rings is 1. The molecule has 0 bridgehead atoms. The van der Waals surface area contributed by atoms with Crippen molar-refractivity contribution in [1.82, 2.24) is 20.2 Å². The van der Waals surface area contributed by atoms with E-state index in [-0.39, 0.29) is 18.2 Å². The number of nitrogen functional groups attached to an aromatic ring is 1. The highest BCUT2D eigenvalue weighted by molar-refractivity contribution is 5.89. The average molecular weight is 427 g/mol. The quantitative estimate of drug-likeness (QED) is 0.687. The predicted molar refractivity (Wildman–Crippen MR) is 120 cm³/mol. The van der Waals surface area contributed by atoms with Gasteiger partial charge < -0.3 is 21.1 Å². The van der Waals surface area contributed by atoms with E-state index in [0.29, 0.717) is 36.8 Å². The summed E-state index contributed by atoms with van der Waals surface area (Å²) in [5.74, 6) is 0.888. The molecule has 0 aliphatic carbocycles. The first-order valence-corrected chi connectivity index (χ1v) is 10.4. The van der Waals surface area contributed by atoms with Crippen LogP contribution in [0.1, 0.15) is 51.9 Å². The Hall–Kier alpha value is -3.36. The van der Waals surface area contributed by atoms with Crippen molar-refractivity contribution in [3.8, 4) is 11.4 Å². The Morgan fingerprint density at radius 2 is 1.90 bits per heavy atom. The number of ether oxygens (including phenoxy) is 1. The van der Waals surface area contributed by atoms with E-state index in [0.717, 1.165) is 16.8 Å². The van der Waals surface area contributed by atoms with Gasteiger partial charge in [-0.15, -0.1) is 0 Å². The first-order chi connectivity index (χ1) is 14.6. The number of carbonyl (C=O) groups excluding carboxylic acids is 2. The summed E-state index contributed by atoms with van der Waals surface area (Å²) in [7, 11) is 0. The third-order valence-corrected chi connectivity index (χ3v) is 4.90. The molecular weight excluding hydrogens is 396 g/mol. The lowest BCUT2D eigenvalue weighted by atomic mass is 9.99. The van der Waals surface area contributed by atoms with Crippen LogP contribution in [-0.2, 0) is 11.2 Å². The Bertz CT molecular complexity index is 968. The van der Waals surface area contributed by atoms with Gasteiger partial charge >= 0.3 is 12.1 Å². The molecule has 4 N–H and O–H groups in total. The summed E-state index contributed by atoms with van der Waals surface area (Å²) in [5, 5.41) is 5.43. The van der Waals surface area contributed by atoms with Crippen molar-refractivity contribution in [3.63, 3.8) is 0 Å². The molecule has 0 spiro atoms. The molecule has 1 aliphatic heterocycles. The molecule has 9 nitrogen and oxygen atoms in total. The summed E-state index contributed by atoms with van der Waals surface area (Å²) in [6, 6.07) is 6.64. The molecule has 31 heavy (non-hydrogen) atoms. The lowest BCUT2D eigenvalue weighted by molar-refractivity contribution is 0.0155. The summed E-state index contributed by atoms with van der Waals surface area (Å²) in [4.78, 5) is 35.2. The van der Waals surface area contributed by atoms with Gasteiger partial charge in [0.2, 0.25) is 0 Å². The number of aromatic nitrogens is 2. The number of hydrogen-bond donors (Lipinski definition) is 3. The number of hydrogen-bond acceptors (Lipinski definition) is 6. The maximum absolute atomic E-state index is 12.6. The zero-order valence-corrected chi connectivity index (χ0v) is 18.7. The Balaban J connectivity index is 1.85. The summed E-state index contributed by atoms with van der Waals surface area (Å²) in [6.45, 7) is 10.3. The van der Waals surface area contributed by atoms with Gasteiger partial charge in [-0.25, -0.2) is 19.6 Å². The molecule has 1 aromatic heterocycles. The van der Waals surface area contributed by atoms with Gasteiger partial charge in [0.15, 0.2) is 5.82 Å². The number of urea groups is 1. The molecule has 2 heterocycles. The highest BCUT2D eigenvalue weighted by atomic mass is 16.6. The number of anilines is 2. The van der Waals surface area contributed by atoms with E-state index in [1.807, 2.05) is 46.8 Å². The van der Waals surface area contributed by atoms with E-state index in [2.05, 4.69) is 15.6 Å². The number of nitrogens with zero attached hydrogens (tertiary/aromatic N) is 3. The number of rotatable bonds is 3. The van der Waals surface area contributed by atoms with Gasteiger partial charge in [0.1, 0.15) is 11.4 Å². The van der Waals surface area contributed by atoms with Gasteiger partial charge in [-0.05, 0) is 65.3 Å². The maximum Gasteiger partial charge on any atom is 0.410 e. The number of nitrogens with one attached hydrogen (secondary N) is 2. The van der Waals surface area contributed by atoms with Gasteiger partial charge in [0.25, 0.3) is 0 Å². The van der Waals surface area contributed by atoms with Gasteiger partial charge in [0, 0.05) is 29.9 Å². The molecule has 1 unspecified atom stereocenters. The predicted octanol–water partition coefficient (Wildman–Crippen LogP) is 3.72. The molecule has 166 valence electrons. The number of fused-ring (bicyclic) bond motifs is 1. The minimum atomic E-state index is -0.573. The Morgan fingerprint density at radius 1 is 1.23 bits per heavy atom. The molecule has 9 heteroatoms. The van der Waals surface area contributed by atoms with Crippen molar-refractivity contribution in [2.24, 2.45) is 0 Å². The Morgan fingerprint density at radius 3 is 2.52 bits per heavy atom. The molecule has 1 aliphatic rings. The fourth-order valence-electron chi connectivity index (χ4n) is 3.43. The molecule has 3 rings (SSSR count). The third-order valence-electron chi connectivity index (χ3n) is 4.90. The van der Waals surface area contributed by atoms with Crippen LogP contribution in [0.2, 0.25) is 0 Å². The normalized spacial score (nSPS) is 15.8. The van der Waals surface area contributed by atoms with Crippen LogP contribution in [0.5, 0.6) is 0 Å². The smallest absolute Gasteiger partial charge is 0.410 e. The van der Waals surface area contributed by atoms with Crippen LogP contribution in [0.3, 0.4) is 0 Å². The van der Waals surface area contributed by atoms with E-state index >= 15 is 0 Å². The maximum atomic E-state index is 12.6. The van der Waals surface area contributed by atoms with Gasteiger partial charge in [-0.3, -0.25) is 4.90 Å². The highest BCUT2D eigenvalue weighted by Gasteiger charge is 2.33. The van der Waals surface area contributed by atoms with Crippen LogP contribution in [0.4, 0.5) is 21.1 Å². The van der Waals surface area contributed by atoms with Crippen LogP contribution < -0.4 is 16.4 Å². The van der Waals surface area contributed by atoms with Crippen molar-refractivity contribution in [2.75, 3.05) is 24.1 Å². The van der Waals surface area contributed by atoms with Gasteiger partial charge in [0.05, 0.1) is 11.7 Å². The second-order valence-corrected chi connectivity index (χ2v) is 8.46. The van der Waals surface area contributed by atoms with Gasteiger partial charge in [-0.2, -0.15) is 0 Å². The molecule has 3 amide bonds. The molecule has 2 aromatic rings. The number of nitrogens with two attached hydrogens (primary N) is 1. The summed E-state index contributed by atoms with van der Waals surface area (Å²) in [5.41, 5.74) is 8.68. The zero-order chi connectivity index (χ0) is 22.8. The second kappa shape index (κ2) is 8.79. The second-order valence-electron chi connectivity index (χ2n) is 8.46. The fraction of sp³-hybridized carbons (Fsp3) is 0.455. The van der Waals surface area contributed by atoms with Crippen molar-refractivity contribution in [2.45, 2.75) is 52.7 Å². The number of carbonyl (C=O) groups is 2. The highest BCUT2D eigenvalue weighted by Crippen LogP contribution is 2.33. The first-order valence-electron chi connectivity index (χ1n) is 10.4. The van der Waals surface area contributed by atoms with Crippen LogP contribution in [-0.4, -0.2) is 45.7 Å². The lowest BCUT2D eigenvalue weighted by Gasteiger charge is -2.35. The Labute approximate surface area is 182 Å². The molecule has 0 saturated carbocycles. The van der Waals surface area contributed by atoms with Crippen LogP contribution in [0.25, 0.3) is 11.4 Å². The van der Waals surface area contributed by atoms with Crippen molar-refractivity contribution in [1.29, 1.82) is 0 Å². The van der Waals surface area contributed by atoms with Crippen molar-refractivity contribution in [3.05, 3.63) is 35.5 Å². The van der Waals surface area contributed by atoms with E-state index in [4.69, 9.17) is 15.5 Å². The molecule has 0 saturated heterocycles. The van der Waals surface area contributed by atoms with Crippen molar-refractivity contribution < 1.29 is 14.3 Å². The van der Waals surface area contributed by atoms with Crippen LogP contribution in [0, 0.1) is 0 Å². The van der Waals surface area contributed by atoms with Crippen molar-refractivity contribution >= 4 is 23.6 Å². The number of amides is 3. The monoisotopic (exact) mass is 426 g/mol. The first kappa shape index (κ1) is 22.3. The van der Waals surface area contributed by atoms with E-state index in [9.17, 15) is 9.59 Å². The summed E-state index contributed by atoms with van der Waals surface area (Å²) >= 11 is 0. The molecule has 1 atom stereocenters. The summed E-state index contributed by atoms with van der Waals surface area (Å²) in [6.07, 6.45) is 0.200. The zero-order valence-electron chi connectivity index (χ0n) is 18.7. The van der Waals surface area contributed by atoms with Gasteiger partial charge in [-0.1, -0.05) is 0 Å². The summed E-state index contributed by atoms with van der Waals surface area (Å²) < 4.78 is 5.54. The van der Waals surface area contributed by atoms with Crippen LogP contribution in [0.15, 0.2) is 24.3 Å². The minimum absolute atomic E-state index is 0.263. The average Bonchev–Trinajstić information content (AvgIpc) is 2.68. The molecule has 0 fully saturated rings. The van der Waals surface area contributed by atoms with E-state index in [1.54, 1.807) is 17.0 Å².